The quantitative estimate of drug-likeness (QED) is 0.564. The van der Waals surface area contributed by atoms with Gasteiger partial charge in [-0.25, -0.2) is 0 Å². The Labute approximate surface area is 88.3 Å². The lowest BCUT2D eigenvalue weighted by Crippen LogP contribution is -2.34. The summed E-state index contributed by atoms with van der Waals surface area (Å²) in [5.74, 6) is 0. The number of dihydropyridines is 1. The van der Waals surface area contributed by atoms with Crippen molar-refractivity contribution in [2.24, 2.45) is 0 Å². The topological polar surface area (TPSA) is 24.9 Å². The summed E-state index contributed by atoms with van der Waals surface area (Å²) in [6, 6.07) is 3.90. The maximum Gasteiger partial charge on any atom is 0.128 e. The third-order valence-electron chi connectivity index (χ3n) is 2.02. The summed E-state index contributed by atoms with van der Waals surface area (Å²) in [5, 5.41) is 3.21. The highest BCUT2D eigenvalue weighted by Gasteiger charge is 2.20. The van der Waals surface area contributed by atoms with E-state index in [1.165, 1.54) is 0 Å². The number of aromatic nitrogens is 1. The van der Waals surface area contributed by atoms with Crippen LogP contribution in [0, 0.1) is 0 Å². The minimum Gasteiger partial charge on any atom is -0.363 e. The molecule has 1 aliphatic heterocycles. The molecular weight excluding hydrogens is 196 g/mol. The highest BCUT2D eigenvalue weighted by atomic mass is 35.5. The van der Waals surface area contributed by atoms with E-state index in [1.54, 1.807) is 6.20 Å². The smallest absolute Gasteiger partial charge is 0.128 e. The van der Waals surface area contributed by atoms with Gasteiger partial charge in [-0.15, -0.1) is 0 Å². The van der Waals surface area contributed by atoms with Gasteiger partial charge < -0.3 is 5.32 Å². The van der Waals surface area contributed by atoms with E-state index in [2.05, 4.69) is 10.3 Å². The maximum absolute atomic E-state index is 6.16. The predicted octanol–water partition coefficient (Wildman–Crippen LogP) is 2.54. The fourth-order valence-electron chi connectivity index (χ4n) is 1.36. The zero-order valence-electron chi connectivity index (χ0n) is 7.87. The van der Waals surface area contributed by atoms with E-state index < -0.39 is 5.00 Å². The van der Waals surface area contributed by atoms with Crippen LogP contribution in [0.1, 0.15) is 12.5 Å². The molecule has 0 saturated heterocycles. The lowest BCUT2D eigenvalue weighted by atomic mass is 10.1. The van der Waals surface area contributed by atoms with Gasteiger partial charge in [0.2, 0.25) is 0 Å². The molecule has 0 radical (unpaired) electrons. The molecule has 2 rings (SSSR count). The average molecular weight is 207 g/mol. The molecule has 0 spiro atoms. The first-order valence-electron chi connectivity index (χ1n) is 4.44. The van der Waals surface area contributed by atoms with E-state index >= 15 is 0 Å². The van der Waals surface area contributed by atoms with Crippen molar-refractivity contribution in [1.29, 1.82) is 0 Å². The number of nitrogens with one attached hydrogen (secondary N) is 1. The van der Waals surface area contributed by atoms with E-state index in [4.69, 9.17) is 11.6 Å². The lowest BCUT2D eigenvalue weighted by Gasteiger charge is -2.25. The van der Waals surface area contributed by atoms with Crippen LogP contribution in [0.5, 0.6) is 0 Å². The van der Waals surface area contributed by atoms with Crippen LogP contribution in [0.25, 0.3) is 5.70 Å². The summed E-state index contributed by atoms with van der Waals surface area (Å²) in [7, 11) is 0. The molecule has 0 fully saturated rings. The van der Waals surface area contributed by atoms with Gasteiger partial charge in [-0.2, -0.15) is 0 Å². The molecule has 72 valence electrons. The van der Waals surface area contributed by atoms with Crippen molar-refractivity contribution in [1.82, 2.24) is 10.3 Å². The van der Waals surface area contributed by atoms with Crippen molar-refractivity contribution in [3.8, 4) is 0 Å². The van der Waals surface area contributed by atoms with Crippen LogP contribution in [-0.2, 0) is 0 Å². The molecule has 0 saturated carbocycles. The van der Waals surface area contributed by atoms with Crippen LogP contribution in [0.2, 0.25) is 0 Å². The number of alkyl halides is 1. The summed E-state index contributed by atoms with van der Waals surface area (Å²) >= 11 is 6.16. The van der Waals surface area contributed by atoms with Gasteiger partial charge in [0, 0.05) is 23.7 Å². The van der Waals surface area contributed by atoms with Crippen LogP contribution in [0.15, 0.2) is 42.8 Å². The van der Waals surface area contributed by atoms with Gasteiger partial charge in [0.25, 0.3) is 0 Å². The Balaban J connectivity index is 2.30. The Bertz CT molecular complexity index is 380. The van der Waals surface area contributed by atoms with Crippen molar-refractivity contribution >= 4 is 17.3 Å². The molecule has 1 N–H and O–H groups in total. The van der Waals surface area contributed by atoms with Crippen molar-refractivity contribution in [3.05, 3.63) is 48.3 Å². The van der Waals surface area contributed by atoms with Crippen molar-refractivity contribution in [3.63, 3.8) is 0 Å². The number of hydrogen-bond acceptors (Lipinski definition) is 2. The zero-order valence-corrected chi connectivity index (χ0v) is 8.62. The molecule has 0 amide bonds. The molecule has 3 heteroatoms. The molecule has 1 atom stereocenters. The first kappa shape index (κ1) is 9.28. The lowest BCUT2D eigenvalue weighted by molar-refractivity contribution is 0.701. The van der Waals surface area contributed by atoms with E-state index in [0.29, 0.717) is 0 Å². The molecule has 1 aromatic heterocycles. The number of rotatable bonds is 1. The number of hydrogen-bond donors (Lipinski definition) is 1. The molecule has 2 nitrogen and oxygen atoms in total. The van der Waals surface area contributed by atoms with Gasteiger partial charge in [0.05, 0.1) is 0 Å². The van der Waals surface area contributed by atoms with Crippen molar-refractivity contribution in [2.45, 2.75) is 11.9 Å². The molecule has 1 aliphatic rings. The zero-order chi connectivity index (χ0) is 10.0. The van der Waals surface area contributed by atoms with E-state index in [9.17, 15) is 0 Å². The van der Waals surface area contributed by atoms with Crippen molar-refractivity contribution in [2.75, 3.05) is 0 Å². The van der Waals surface area contributed by atoms with Gasteiger partial charge in [-0.3, -0.25) is 4.98 Å². The molecule has 1 aromatic rings. The highest BCUT2D eigenvalue weighted by Crippen LogP contribution is 2.23. The van der Waals surface area contributed by atoms with Crippen LogP contribution in [0.3, 0.4) is 0 Å². The van der Waals surface area contributed by atoms with Crippen LogP contribution < -0.4 is 5.32 Å². The fourth-order valence-corrected chi connectivity index (χ4v) is 1.54. The summed E-state index contributed by atoms with van der Waals surface area (Å²) < 4.78 is 0. The van der Waals surface area contributed by atoms with Crippen LogP contribution >= 0.6 is 11.6 Å². The van der Waals surface area contributed by atoms with Crippen LogP contribution in [0.4, 0.5) is 0 Å². The minimum atomic E-state index is -0.500. The largest absolute Gasteiger partial charge is 0.363 e. The molecule has 1 unspecified atom stereocenters. The Kier molecular flexibility index (Phi) is 2.30. The van der Waals surface area contributed by atoms with Gasteiger partial charge >= 0.3 is 0 Å². The molecule has 0 aliphatic carbocycles. The SMILES string of the molecule is CC1(Cl)C=CC=C(c2cccnc2)N1. The summed E-state index contributed by atoms with van der Waals surface area (Å²) in [4.78, 5) is 3.56. The van der Waals surface area contributed by atoms with Crippen molar-refractivity contribution < 1.29 is 0 Å². The van der Waals surface area contributed by atoms with E-state index in [0.717, 1.165) is 11.3 Å². The Morgan fingerprint density at radius 2 is 2.36 bits per heavy atom. The molecular formula is C11H11ClN2. The van der Waals surface area contributed by atoms with Gasteiger partial charge in [-0.05, 0) is 31.2 Å². The fraction of sp³-hybridized carbons (Fsp3) is 0.182. The second-order valence-electron chi connectivity index (χ2n) is 3.38. The first-order chi connectivity index (χ1) is 6.67. The van der Waals surface area contributed by atoms with Crippen LogP contribution in [-0.4, -0.2) is 9.98 Å². The number of pyridine rings is 1. The third kappa shape index (κ3) is 1.96. The number of allylic oxidation sites excluding steroid dienone is 2. The minimum absolute atomic E-state index is 0.500. The number of nitrogens with zero attached hydrogens (tertiary/aromatic N) is 1. The van der Waals surface area contributed by atoms with E-state index in [1.807, 2.05) is 43.5 Å². The summed E-state index contributed by atoms with van der Waals surface area (Å²) in [5.41, 5.74) is 2.04. The maximum atomic E-state index is 6.16. The number of halogens is 1. The van der Waals surface area contributed by atoms with Gasteiger partial charge in [0.15, 0.2) is 0 Å². The third-order valence-corrected chi connectivity index (χ3v) is 2.24. The van der Waals surface area contributed by atoms with E-state index in [-0.39, 0.29) is 0 Å². The van der Waals surface area contributed by atoms with Gasteiger partial charge in [0.1, 0.15) is 5.00 Å². The second-order valence-corrected chi connectivity index (χ2v) is 4.17. The second kappa shape index (κ2) is 3.46. The Morgan fingerprint density at radius 1 is 1.50 bits per heavy atom. The monoisotopic (exact) mass is 206 g/mol. The normalized spacial score (nSPS) is 25.4. The highest BCUT2D eigenvalue weighted by molar-refractivity contribution is 6.25. The molecule has 0 aromatic carbocycles. The predicted molar refractivity (Wildman–Crippen MR) is 58.7 cm³/mol. The molecule has 0 bridgehead atoms. The first-order valence-corrected chi connectivity index (χ1v) is 4.82. The standard InChI is InChI=1S/C11H11ClN2/c1-11(12)6-2-5-10(14-11)9-4-3-7-13-8-9/h2-8,14H,1H3. The van der Waals surface area contributed by atoms with Gasteiger partial charge in [-0.1, -0.05) is 17.7 Å². The summed E-state index contributed by atoms with van der Waals surface area (Å²) in [6.45, 7) is 1.91. The summed E-state index contributed by atoms with van der Waals surface area (Å²) in [6.07, 6.45) is 9.41. The molecule has 14 heavy (non-hydrogen) atoms. The Morgan fingerprint density at radius 3 is 3.00 bits per heavy atom. The Hall–Kier alpha value is -1.28. The molecule has 2 heterocycles. The average Bonchev–Trinajstić information content (AvgIpc) is 2.18.